The zero-order valence-electron chi connectivity index (χ0n) is 15.1. The van der Waals surface area contributed by atoms with Crippen LogP contribution in [0.25, 0.3) is 0 Å². The first kappa shape index (κ1) is 19.7. The van der Waals surface area contributed by atoms with Gasteiger partial charge in [0.15, 0.2) is 27.9 Å². The van der Waals surface area contributed by atoms with Crippen LogP contribution in [0.5, 0.6) is 11.5 Å². The Morgan fingerprint density at radius 3 is 2.54 bits per heavy atom. The molecule has 0 saturated heterocycles. The fraction of sp³-hybridized carbons (Fsp3) is 0.263. The van der Waals surface area contributed by atoms with Crippen molar-refractivity contribution in [2.75, 3.05) is 26.0 Å². The standard InChI is InChI=1S/C19H19NO7S/c1-28(23,24)17-9-5-2-6-14(17)19(22)26-12-18(21)20-10-13-11-25-15-7-3-4-8-16(15)27-13/h2-9,13H,10-12H2,1H3,(H,20,21)/t13-/m0/s1. The molecular formula is C19H19NO7S. The van der Waals surface area contributed by atoms with Gasteiger partial charge in [-0.25, -0.2) is 13.2 Å². The van der Waals surface area contributed by atoms with Gasteiger partial charge >= 0.3 is 5.97 Å². The molecule has 8 nitrogen and oxygen atoms in total. The summed E-state index contributed by atoms with van der Waals surface area (Å²) >= 11 is 0. The molecule has 0 unspecified atom stereocenters. The molecular weight excluding hydrogens is 386 g/mol. The molecule has 0 bridgehead atoms. The SMILES string of the molecule is CS(=O)(=O)c1ccccc1C(=O)OCC(=O)NC[C@H]1COc2ccccc2O1. The van der Waals surface area contributed by atoms with Gasteiger partial charge in [-0.15, -0.1) is 0 Å². The number of hydrogen-bond donors (Lipinski definition) is 1. The van der Waals surface area contributed by atoms with E-state index in [1.165, 1.54) is 24.3 Å². The zero-order chi connectivity index (χ0) is 20.1. The van der Waals surface area contributed by atoms with Crippen molar-refractivity contribution in [3.8, 4) is 11.5 Å². The summed E-state index contributed by atoms with van der Waals surface area (Å²) in [6.45, 7) is -0.0927. The summed E-state index contributed by atoms with van der Waals surface area (Å²) in [4.78, 5) is 23.9. The molecule has 28 heavy (non-hydrogen) atoms. The number of nitrogens with one attached hydrogen (secondary N) is 1. The first-order valence-electron chi connectivity index (χ1n) is 8.46. The molecule has 0 spiro atoms. The van der Waals surface area contributed by atoms with Gasteiger partial charge in [-0.1, -0.05) is 24.3 Å². The van der Waals surface area contributed by atoms with Crippen LogP contribution in [0, 0.1) is 0 Å². The summed E-state index contributed by atoms with van der Waals surface area (Å²) in [5.74, 6) is -0.185. The maximum atomic E-state index is 12.1. The lowest BCUT2D eigenvalue weighted by atomic mass is 10.2. The summed E-state index contributed by atoms with van der Waals surface area (Å²) in [5, 5.41) is 2.60. The van der Waals surface area contributed by atoms with Crippen molar-refractivity contribution in [2.24, 2.45) is 0 Å². The van der Waals surface area contributed by atoms with Crippen molar-refractivity contribution in [1.82, 2.24) is 5.32 Å². The van der Waals surface area contributed by atoms with E-state index in [4.69, 9.17) is 14.2 Å². The Labute approximate surface area is 162 Å². The van der Waals surface area contributed by atoms with Gasteiger partial charge in [-0.3, -0.25) is 4.79 Å². The number of benzene rings is 2. The van der Waals surface area contributed by atoms with Gasteiger partial charge in [0.25, 0.3) is 5.91 Å². The average Bonchev–Trinajstić information content (AvgIpc) is 2.69. The highest BCUT2D eigenvalue weighted by Gasteiger charge is 2.22. The van der Waals surface area contributed by atoms with Gasteiger partial charge in [0.2, 0.25) is 0 Å². The summed E-state index contributed by atoms with van der Waals surface area (Å²) < 4.78 is 39.7. The summed E-state index contributed by atoms with van der Waals surface area (Å²) in [6, 6.07) is 12.9. The van der Waals surface area contributed by atoms with Crippen molar-refractivity contribution >= 4 is 21.7 Å². The molecule has 1 aliphatic heterocycles. The Hall–Kier alpha value is -3.07. The van der Waals surface area contributed by atoms with Gasteiger partial charge in [0, 0.05) is 6.26 Å². The van der Waals surface area contributed by atoms with Crippen LogP contribution in [0.2, 0.25) is 0 Å². The molecule has 0 fully saturated rings. The maximum Gasteiger partial charge on any atom is 0.339 e. The molecule has 1 N–H and O–H groups in total. The number of rotatable bonds is 6. The predicted octanol–water partition coefficient (Wildman–Crippen LogP) is 1.20. The van der Waals surface area contributed by atoms with Crippen molar-refractivity contribution in [3.05, 3.63) is 54.1 Å². The number of para-hydroxylation sites is 2. The molecule has 2 aromatic carbocycles. The molecule has 1 atom stereocenters. The van der Waals surface area contributed by atoms with Crippen LogP contribution in [0.4, 0.5) is 0 Å². The van der Waals surface area contributed by atoms with E-state index in [9.17, 15) is 18.0 Å². The zero-order valence-corrected chi connectivity index (χ0v) is 15.9. The minimum Gasteiger partial charge on any atom is -0.486 e. The third kappa shape index (κ3) is 4.80. The van der Waals surface area contributed by atoms with E-state index in [1.54, 1.807) is 12.1 Å². The van der Waals surface area contributed by atoms with E-state index in [1.807, 2.05) is 12.1 Å². The van der Waals surface area contributed by atoms with Crippen LogP contribution >= 0.6 is 0 Å². The highest BCUT2D eigenvalue weighted by Crippen LogP contribution is 2.30. The Bertz CT molecular complexity index is 987. The molecule has 0 radical (unpaired) electrons. The molecule has 1 amide bonds. The van der Waals surface area contributed by atoms with Crippen LogP contribution in [0.1, 0.15) is 10.4 Å². The number of carbonyl (C=O) groups is 2. The van der Waals surface area contributed by atoms with E-state index >= 15 is 0 Å². The largest absolute Gasteiger partial charge is 0.486 e. The molecule has 0 aromatic heterocycles. The average molecular weight is 405 g/mol. The second-order valence-electron chi connectivity index (χ2n) is 6.15. The maximum absolute atomic E-state index is 12.1. The molecule has 1 heterocycles. The predicted molar refractivity (Wildman–Crippen MR) is 99.2 cm³/mol. The molecule has 0 aliphatic carbocycles. The molecule has 0 saturated carbocycles. The van der Waals surface area contributed by atoms with Crippen LogP contribution < -0.4 is 14.8 Å². The Morgan fingerprint density at radius 2 is 1.79 bits per heavy atom. The third-order valence-electron chi connectivity index (χ3n) is 3.94. The Balaban J connectivity index is 1.50. The van der Waals surface area contributed by atoms with Gasteiger partial charge in [-0.05, 0) is 24.3 Å². The van der Waals surface area contributed by atoms with Gasteiger partial charge in [-0.2, -0.15) is 0 Å². The normalized spacial score (nSPS) is 15.5. The van der Waals surface area contributed by atoms with E-state index in [0.717, 1.165) is 6.26 Å². The summed E-state index contributed by atoms with van der Waals surface area (Å²) in [6.07, 6.45) is 0.622. The van der Waals surface area contributed by atoms with Gasteiger partial charge < -0.3 is 19.5 Å². The quantitative estimate of drug-likeness (QED) is 0.720. The lowest BCUT2D eigenvalue weighted by Gasteiger charge is -2.26. The lowest BCUT2D eigenvalue weighted by Crippen LogP contribution is -2.42. The second-order valence-corrected chi connectivity index (χ2v) is 8.13. The summed E-state index contributed by atoms with van der Waals surface area (Å²) in [5.41, 5.74) is -0.113. The Morgan fingerprint density at radius 1 is 1.11 bits per heavy atom. The number of fused-ring (bicyclic) bond motifs is 1. The fourth-order valence-corrected chi connectivity index (χ4v) is 3.49. The first-order valence-corrected chi connectivity index (χ1v) is 10.3. The van der Waals surface area contributed by atoms with Crippen molar-refractivity contribution < 1.29 is 32.2 Å². The number of carbonyl (C=O) groups excluding carboxylic acids is 2. The number of hydrogen-bond acceptors (Lipinski definition) is 7. The van der Waals surface area contributed by atoms with Crippen molar-refractivity contribution in [3.63, 3.8) is 0 Å². The van der Waals surface area contributed by atoms with Crippen LogP contribution in [0.15, 0.2) is 53.4 Å². The van der Waals surface area contributed by atoms with Gasteiger partial charge in [0.1, 0.15) is 12.7 Å². The number of ether oxygens (including phenoxy) is 3. The van der Waals surface area contributed by atoms with E-state index < -0.39 is 28.3 Å². The molecule has 1 aliphatic rings. The molecule has 2 aromatic rings. The van der Waals surface area contributed by atoms with Crippen LogP contribution in [-0.4, -0.2) is 52.4 Å². The van der Waals surface area contributed by atoms with Gasteiger partial charge in [0.05, 0.1) is 17.0 Å². The number of sulfone groups is 1. The first-order chi connectivity index (χ1) is 13.3. The monoisotopic (exact) mass is 405 g/mol. The fourth-order valence-electron chi connectivity index (χ4n) is 2.61. The number of esters is 1. The molecule has 9 heteroatoms. The molecule has 3 rings (SSSR count). The van der Waals surface area contributed by atoms with E-state index in [2.05, 4.69) is 5.32 Å². The lowest BCUT2D eigenvalue weighted by molar-refractivity contribution is -0.124. The smallest absolute Gasteiger partial charge is 0.339 e. The minimum atomic E-state index is -3.60. The number of amides is 1. The van der Waals surface area contributed by atoms with Crippen LogP contribution in [0.3, 0.4) is 0 Å². The van der Waals surface area contributed by atoms with Crippen molar-refractivity contribution in [2.45, 2.75) is 11.0 Å². The summed E-state index contributed by atoms with van der Waals surface area (Å²) in [7, 11) is -3.60. The van der Waals surface area contributed by atoms with E-state index in [-0.39, 0.29) is 29.7 Å². The van der Waals surface area contributed by atoms with Crippen molar-refractivity contribution in [1.29, 1.82) is 0 Å². The molecule has 148 valence electrons. The highest BCUT2D eigenvalue weighted by atomic mass is 32.2. The Kier molecular flexibility index (Phi) is 5.84. The minimum absolute atomic E-state index is 0.113. The van der Waals surface area contributed by atoms with E-state index in [0.29, 0.717) is 11.5 Å². The topological polar surface area (TPSA) is 108 Å². The highest BCUT2D eigenvalue weighted by molar-refractivity contribution is 7.90. The van der Waals surface area contributed by atoms with Crippen LogP contribution in [-0.2, 0) is 19.4 Å². The second kappa shape index (κ2) is 8.30. The third-order valence-corrected chi connectivity index (χ3v) is 5.09.